The molecular formula is C94H136ClN14O25+. The van der Waals surface area contributed by atoms with E-state index >= 15 is 28.8 Å². The van der Waals surface area contributed by atoms with Crippen molar-refractivity contribution >= 4 is 58.9 Å². The predicted octanol–water partition coefficient (Wildman–Crippen LogP) is 3.37. The van der Waals surface area contributed by atoms with E-state index in [1.807, 2.05) is 32.8 Å². The summed E-state index contributed by atoms with van der Waals surface area (Å²) in [5, 5.41) is 134. The molecule has 8 heterocycles. The number of aromatic hydroxyl groups is 3. The number of rotatable bonds is 34. The summed E-state index contributed by atoms with van der Waals surface area (Å²) in [6.45, 7) is 13.1. The Balaban J connectivity index is 1.16. The van der Waals surface area contributed by atoms with Gasteiger partial charge in [-0.15, -0.1) is 0 Å². The van der Waals surface area contributed by atoms with Gasteiger partial charge >= 0.3 is 0 Å². The molecule has 24 N–H and O–H groups in total. The molecule has 5 aromatic carbocycles. The summed E-state index contributed by atoms with van der Waals surface area (Å²) in [4.78, 5) is 127. The molecule has 0 radical (unpaired) electrons. The van der Waals surface area contributed by atoms with Crippen LogP contribution in [0.25, 0.3) is 11.1 Å². The monoisotopic (exact) mass is 1900 g/mol. The zero-order chi connectivity index (χ0) is 97.7. The Morgan fingerprint density at radius 1 is 0.664 bits per heavy atom. The van der Waals surface area contributed by atoms with E-state index in [-0.39, 0.29) is 77.0 Å². The molecule has 738 valence electrons. The topological polar surface area (TPSA) is 582 Å². The lowest BCUT2D eigenvalue weighted by molar-refractivity contribution is -0.890. The van der Waals surface area contributed by atoms with Crippen LogP contribution < -0.4 is 79.3 Å². The third kappa shape index (κ3) is 25.7. The fourth-order valence-electron chi connectivity index (χ4n) is 17.9. The minimum absolute atomic E-state index is 0.00883. The number of nitrogens with two attached hydrogens (primary N) is 3. The highest BCUT2D eigenvalue weighted by Gasteiger charge is 2.53. The molecule has 8 aliphatic rings. The van der Waals surface area contributed by atoms with Gasteiger partial charge in [-0.05, 0) is 163 Å². The molecule has 39 nitrogen and oxygen atoms in total. The van der Waals surface area contributed by atoms with Gasteiger partial charge in [-0.25, -0.2) is 0 Å². The van der Waals surface area contributed by atoms with Crippen molar-refractivity contribution in [3.8, 4) is 57.1 Å². The van der Waals surface area contributed by atoms with E-state index in [1.54, 1.807) is 0 Å². The number of aliphatic hydroxyl groups is 6. The second kappa shape index (κ2) is 45.9. The standard InChI is InChI=1S/C94H135ClN14O25/c1-13-14-15-16-17-18-19-20-35-109(11,12)36-23-32-100-45-56-61(112)41-55-70(77(56)115)69-54(24-21-25-60(69)111)72-89(124)107-75(91(126)105-73(55)87(122)101-33-22-34-108(9)10)80(132-67-43-93(6,97)83(118)48(4)127-67)50-26-29-53(30-27-50)129-63-39-52-40-64(81(63)134-92-82(79(117)78(116)65(46-110)131-92)133-68-44-94(7,98)84(119)49(5)128-68)130-62-31-28-51(38-57(62)95)76(114)74(106-85(120)58(99-8)37-47(2)3)90(125)102-59(42-66(96)113)86(121)103-71(52)88(123)104-72/h21,24-31,38-41,47-49,58-59,65,67-68,71-76,78-80,82-84,92,99-100,110,114,116-119H,13-20,22-23,32-37,42-46,97-98H2,1-12H3,(H11-,96,101,102,103,104,105,106,107,111,112,113,115,120,121,122,123,124,125,126)/p+1/t48-,49+,58?,59?,65-,67-,68+,71?,72?,73?,74?,75?,76?,78-,79+,80?,82-,83-,84-,92+,93?,94+/m1/s1. The van der Waals surface area contributed by atoms with Crippen LogP contribution in [-0.4, -0.2) is 280 Å². The van der Waals surface area contributed by atoms with Crippen molar-refractivity contribution in [2.24, 2.45) is 23.1 Å². The third-order valence-corrected chi connectivity index (χ3v) is 25.8. The lowest BCUT2D eigenvalue weighted by Gasteiger charge is -2.47. The molecule has 0 aromatic heterocycles. The number of amides is 8. The lowest BCUT2D eigenvalue weighted by atomic mass is 9.85. The molecule has 5 aromatic rings. The molecule has 134 heavy (non-hydrogen) atoms. The molecule has 0 spiro atoms. The molecule has 8 amide bonds. The number of phenols is 3. The maximum absolute atomic E-state index is 17.1. The second-order valence-corrected chi connectivity index (χ2v) is 38.3. The normalized spacial score (nSPS) is 28.8. The number of benzene rings is 5. The maximum Gasteiger partial charge on any atom is 0.248 e. The van der Waals surface area contributed by atoms with Crippen molar-refractivity contribution in [1.29, 1.82) is 0 Å². The fourth-order valence-corrected chi connectivity index (χ4v) is 18.1. The van der Waals surface area contributed by atoms with E-state index in [0.29, 0.717) is 30.4 Å². The fraction of sp³-hybridized carbons (Fsp3) is 0.596. The molecule has 22 atom stereocenters. The van der Waals surface area contributed by atoms with E-state index in [9.17, 15) is 55.5 Å². The highest BCUT2D eigenvalue weighted by molar-refractivity contribution is 6.32. The Kier molecular flexibility index (Phi) is 35.9. The zero-order valence-corrected chi connectivity index (χ0v) is 78.8. The van der Waals surface area contributed by atoms with Crippen LogP contribution in [0.1, 0.15) is 202 Å². The molecular weight excluding hydrogens is 1760 g/mol. The molecule has 3 fully saturated rings. The Morgan fingerprint density at radius 2 is 1.28 bits per heavy atom. The van der Waals surface area contributed by atoms with Crippen molar-refractivity contribution in [3.63, 3.8) is 0 Å². The average molecular weight is 1900 g/mol. The summed E-state index contributed by atoms with van der Waals surface area (Å²) >= 11 is 7.26. The van der Waals surface area contributed by atoms with E-state index in [0.717, 1.165) is 50.6 Å². The molecule has 13 rings (SSSR count). The third-order valence-electron chi connectivity index (χ3n) is 25.5. The Morgan fingerprint density at radius 3 is 1.90 bits per heavy atom. The van der Waals surface area contributed by atoms with Gasteiger partial charge in [0.15, 0.2) is 30.2 Å². The highest BCUT2D eigenvalue weighted by Crippen LogP contribution is 2.52. The summed E-state index contributed by atoms with van der Waals surface area (Å²) in [6.07, 6.45) is -12.2. The van der Waals surface area contributed by atoms with Gasteiger partial charge in [0.25, 0.3) is 0 Å². The molecule has 10 unspecified atom stereocenters. The molecule has 40 heteroatoms. The number of ether oxygens (including phenoxy) is 8. The number of hydrogen-bond donors (Lipinski definition) is 21. The van der Waals surface area contributed by atoms with Gasteiger partial charge < -0.3 is 158 Å². The first-order valence-corrected chi connectivity index (χ1v) is 46.4. The number of aliphatic hydroxyl groups excluding tert-OH is 6. The van der Waals surface area contributed by atoms with E-state index in [1.165, 1.54) is 128 Å². The van der Waals surface area contributed by atoms with Crippen LogP contribution in [0.3, 0.4) is 0 Å². The van der Waals surface area contributed by atoms with Crippen LogP contribution in [0.15, 0.2) is 78.9 Å². The van der Waals surface area contributed by atoms with Crippen molar-refractivity contribution in [3.05, 3.63) is 117 Å². The number of primary amides is 1. The van der Waals surface area contributed by atoms with Gasteiger partial charge in [0.2, 0.25) is 59.3 Å². The number of likely N-dealkylation sites (N-methyl/N-ethyl adjacent to an activating group) is 1. The number of nitrogens with one attached hydrogen (secondary N) is 9. The molecule has 0 aliphatic carbocycles. The molecule has 3 saturated heterocycles. The number of nitrogens with zero attached hydrogens (tertiary/aromatic N) is 2. The first-order valence-electron chi connectivity index (χ1n) is 46.0. The number of fused-ring (bicyclic) bond motifs is 14. The van der Waals surface area contributed by atoms with E-state index < -0.39 is 250 Å². The molecule has 0 saturated carbocycles. The SMILES string of the molecule is CCCCCCCCCC[N+](C)(C)CCCNCc1c(O)cc2c(c1O)-c1c(O)cccc1C1NC(=O)C3NC(=O)C(CC(N)=O)NC(=O)C(NC(=O)C(CC(C)C)NC)C(O)c4ccc(c(Cl)c4)Oc4cc3cc(c4O[C@@H]3O[C@H](CO)[C@@H](O)[C@H](O)[C@H]3O[C@H]3C[C@](C)(N)[C@H](O)[C@H](C)O3)Oc3ccc(cc3)C(O[C@@H]3CC(C)(N)[C@H](O)[C@@H](C)O3)C(NC1=O)C(=O)NC2C(=O)NCCCN(C)C. The van der Waals surface area contributed by atoms with Crippen LogP contribution >= 0.6 is 11.6 Å². The van der Waals surface area contributed by atoms with Crippen LogP contribution in [-0.2, 0) is 68.6 Å². The first kappa shape index (κ1) is 105. The number of phenolic OH excluding ortho intramolecular Hbond substituents is 3. The number of unbranched alkanes of at least 4 members (excludes halogenated alkanes) is 7. The van der Waals surface area contributed by atoms with Crippen LogP contribution in [0, 0.1) is 5.92 Å². The summed E-state index contributed by atoms with van der Waals surface area (Å²) in [7, 11) is 9.42. The van der Waals surface area contributed by atoms with Crippen molar-refractivity contribution in [2.75, 3.05) is 74.6 Å². The van der Waals surface area contributed by atoms with Crippen LogP contribution in [0.2, 0.25) is 5.02 Å². The largest absolute Gasteiger partial charge is 0.507 e. The van der Waals surface area contributed by atoms with Gasteiger partial charge in [-0.2, -0.15) is 0 Å². The summed E-state index contributed by atoms with van der Waals surface area (Å²) < 4.78 is 53.5. The highest BCUT2D eigenvalue weighted by atomic mass is 35.5. The number of hydrogen-bond acceptors (Lipinski definition) is 30. The Hall–Kier alpha value is -9.73. The number of quaternary nitrogens is 1. The number of carbonyl (C=O) groups excluding carboxylic acids is 8. The Bertz CT molecular complexity index is 4940. The van der Waals surface area contributed by atoms with Crippen LogP contribution in [0.4, 0.5) is 0 Å². The second-order valence-electron chi connectivity index (χ2n) is 37.9. The number of halogens is 1. The molecule has 8 aliphatic heterocycles. The summed E-state index contributed by atoms with van der Waals surface area (Å²) in [6, 6.07) is 1.96. The zero-order valence-electron chi connectivity index (χ0n) is 78.0. The van der Waals surface area contributed by atoms with Crippen molar-refractivity contribution in [1.82, 2.24) is 52.8 Å². The average Bonchev–Trinajstić information content (AvgIpc) is 1.12. The van der Waals surface area contributed by atoms with E-state index in [2.05, 4.69) is 68.9 Å². The quantitative estimate of drug-likeness (QED) is 0.0207. The minimum Gasteiger partial charge on any atom is -0.507 e. The van der Waals surface area contributed by atoms with Gasteiger partial charge in [0, 0.05) is 61.1 Å². The first-order chi connectivity index (χ1) is 63.4. The van der Waals surface area contributed by atoms with E-state index in [4.69, 9.17) is 66.7 Å². The molecule has 9 bridgehead atoms. The maximum atomic E-state index is 17.1. The lowest BCUT2D eigenvalue weighted by Crippen LogP contribution is -2.64. The van der Waals surface area contributed by atoms with Crippen molar-refractivity contribution in [2.45, 2.75) is 278 Å². The van der Waals surface area contributed by atoms with Gasteiger partial charge in [-0.1, -0.05) is 101 Å². The Labute approximate surface area is 784 Å². The predicted molar refractivity (Wildman–Crippen MR) is 490 cm³/mol. The minimum atomic E-state index is -2.40. The smallest absolute Gasteiger partial charge is 0.248 e. The van der Waals surface area contributed by atoms with Gasteiger partial charge in [0.1, 0.15) is 95.5 Å². The van der Waals surface area contributed by atoms with Crippen molar-refractivity contribution < 1.29 is 127 Å². The summed E-state index contributed by atoms with van der Waals surface area (Å²) in [5.41, 5.74) is 13.9. The van der Waals surface area contributed by atoms with Crippen LogP contribution in [0.5, 0.6) is 46.0 Å². The number of carbonyl (C=O) groups is 8. The van der Waals surface area contributed by atoms with Gasteiger partial charge in [0.05, 0.1) is 81.3 Å². The summed E-state index contributed by atoms with van der Waals surface area (Å²) in [5.74, 6) is -14.3. The van der Waals surface area contributed by atoms with Gasteiger partial charge in [-0.3, -0.25) is 38.4 Å².